The van der Waals surface area contributed by atoms with Gasteiger partial charge in [0.05, 0.1) is 11.5 Å². The molecule has 3 aromatic rings. The third kappa shape index (κ3) is 3.54. The van der Waals surface area contributed by atoms with E-state index in [-0.39, 0.29) is 5.78 Å². The second-order valence-electron chi connectivity index (χ2n) is 6.81. The lowest BCUT2D eigenvalue weighted by Crippen LogP contribution is -2.31. The van der Waals surface area contributed by atoms with Gasteiger partial charge < -0.3 is 5.11 Å². The zero-order chi connectivity index (χ0) is 17.9. The minimum Gasteiger partial charge on any atom is -0.387 e. The number of rotatable bonds is 5. The predicted octanol–water partition coefficient (Wildman–Crippen LogP) is 5.30. The molecule has 0 amide bonds. The maximum atomic E-state index is 12.8. The fourth-order valence-electron chi connectivity index (χ4n) is 2.99. The summed E-state index contributed by atoms with van der Waals surface area (Å²) in [5.74, 6) is -0.0623. The molecule has 0 aliphatic heterocycles. The van der Waals surface area contributed by atoms with Gasteiger partial charge in [-0.1, -0.05) is 84.9 Å². The summed E-state index contributed by atoms with van der Waals surface area (Å²) in [5, 5.41) is 10.8. The molecule has 3 rings (SSSR count). The Bertz CT molecular complexity index is 834. The molecule has 2 nitrogen and oxygen atoms in total. The van der Waals surface area contributed by atoms with Crippen LogP contribution in [0.25, 0.3) is 11.1 Å². The number of carbonyl (C=O) groups excluding carboxylic acids is 1. The number of hydrogen-bond donors (Lipinski definition) is 1. The molecule has 0 aliphatic carbocycles. The molecule has 1 N–H and O–H groups in total. The van der Waals surface area contributed by atoms with Crippen LogP contribution in [0.15, 0.2) is 84.9 Å². The van der Waals surface area contributed by atoms with E-state index in [4.69, 9.17) is 0 Å². The molecule has 0 saturated heterocycles. The Balaban J connectivity index is 1.84. The van der Waals surface area contributed by atoms with Crippen molar-refractivity contribution in [2.75, 3.05) is 0 Å². The van der Waals surface area contributed by atoms with Crippen molar-refractivity contribution in [2.24, 2.45) is 5.41 Å². The van der Waals surface area contributed by atoms with Crippen molar-refractivity contribution >= 4 is 5.78 Å². The fourth-order valence-corrected chi connectivity index (χ4v) is 2.99. The van der Waals surface area contributed by atoms with Crippen molar-refractivity contribution in [3.63, 3.8) is 0 Å². The van der Waals surface area contributed by atoms with Gasteiger partial charge in [0.1, 0.15) is 0 Å². The fraction of sp³-hybridized carbons (Fsp3) is 0.174. The van der Waals surface area contributed by atoms with E-state index in [0.717, 1.165) is 16.7 Å². The van der Waals surface area contributed by atoms with Crippen molar-refractivity contribution in [3.8, 4) is 11.1 Å². The van der Waals surface area contributed by atoms with Gasteiger partial charge in [-0.05, 0) is 30.5 Å². The van der Waals surface area contributed by atoms with Crippen LogP contribution in [0, 0.1) is 5.41 Å². The molecule has 0 spiro atoms. The number of aliphatic hydroxyl groups excluding tert-OH is 1. The van der Waals surface area contributed by atoms with E-state index in [1.54, 1.807) is 26.0 Å². The first kappa shape index (κ1) is 17.1. The molecule has 2 heteroatoms. The SMILES string of the molecule is CC(C)(C(=O)c1ccccc1)[C@@H](O)c1ccc(-c2ccccc2)cc1. The van der Waals surface area contributed by atoms with Gasteiger partial charge in [-0.3, -0.25) is 4.79 Å². The first-order valence-corrected chi connectivity index (χ1v) is 8.43. The molecule has 126 valence electrons. The van der Waals surface area contributed by atoms with Crippen LogP contribution in [0.1, 0.15) is 35.9 Å². The van der Waals surface area contributed by atoms with Crippen LogP contribution in [-0.4, -0.2) is 10.9 Å². The number of Topliss-reactive ketones (excluding diaryl/α,β-unsaturated/α-hetero) is 1. The van der Waals surface area contributed by atoms with E-state index in [1.807, 2.05) is 72.8 Å². The minimum absolute atomic E-state index is 0.0623. The number of carbonyl (C=O) groups is 1. The van der Waals surface area contributed by atoms with Gasteiger partial charge in [0.15, 0.2) is 5.78 Å². The van der Waals surface area contributed by atoms with Gasteiger partial charge in [0.2, 0.25) is 0 Å². The van der Waals surface area contributed by atoms with Gasteiger partial charge in [-0.25, -0.2) is 0 Å². The van der Waals surface area contributed by atoms with Gasteiger partial charge in [-0.15, -0.1) is 0 Å². The summed E-state index contributed by atoms with van der Waals surface area (Å²) >= 11 is 0. The Hall–Kier alpha value is -2.71. The maximum Gasteiger partial charge on any atom is 0.171 e. The van der Waals surface area contributed by atoms with Crippen LogP contribution in [-0.2, 0) is 0 Å². The average Bonchev–Trinajstić information content (AvgIpc) is 2.68. The van der Waals surface area contributed by atoms with Crippen molar-refractivity contribution < 1.29 is 9.90 Å². The Morgan fingerprint density at radius 2 is 1.24 bits per heavy atom. The number of ketones is 1. The van der Waals surface area contributed by atoms with Gasteiger partial charge in [0.25, 0.3) is 0 Å². The van der Waals surface area contributed by atoms with Crippen LogP contribution in [0.2, 0.25) is 0 Å². The molecule has 0 fully saturated rings. The highest BCUT2D eigenvalue weighted by atomic mass is 16.3. The summed E-state index contributed by atoms with van der Waals surface area (Å²) < 4.78 is 0. The van der Waals surface area contributed by atoms with E-state index in [2.05, 4.69) is 0 Å². The second kappa shape index (κ2) is 7.04. The number of benzene rings is 3. The lowest BCUT2D eigenvalue weighted by Gasteiger charge is -2.29. The predicted molar refractivity (Wildman–Crippen MR) is 101 cm³/mol. The van der Waals surface area contributed by atoms with E-state index in [1.165, 1.54) is 0 Å². The molecule has 0 heterocycles. The Morgan fingerprint density at radius 3 is 1.80 bits per heavy atom. The van der Waals surface area contributed by atoms with E-state index >= 15 is 0 Å². The molecule has 1 atom stereocenters. The van der Waals surface area contributed by atoms with Crippen LogP contribution in [0.5, 0.6) is 0 Å². The Labute approximate surface area is 148 Å². The maximum absolute atomic E-state index is 12.8. The average molecular weight is 330 g/mol. The molecule has 0 radical (unpaired) electrons. The third-order valence-electron chi connectivity index (χ3n) is 4.64. The molecule has 3 aromatic carbocycles. The summed E-state index contributed by atoms with van der Waals surface area (Å²) in [4.78, 5) is 12.8. The van der Waals surface area contributed by atoms with E-state index in [0.29, 0.717) is 5.56 Å². The number of hydrogen-bond acceptors (Lipinski definition) is 2. The topological polar surface area (TPSA) is 37.3 Å². The summed E-state index contributed by atoms with van der Waals surface area (Å²) in [5.41, 5.74) is 2.67. The van der Waals surface area contributed by atoms with E-state index in [9.17, 15) is 9.90 Å². The Morgan fingerprint density at radius 1 is 0.760 bits per heavy atom. The monoisotopic (exact) mass is 330 g/mol. The quantitative estimate of drug-likeness (QED) is 0.645. The third-order valence-corrected chi connectivity index (χ3v) is 4.64. The summed E-state index contributed by atoms with van der Waals surface area (Å²) in [6.45, 7) is 3.58. The molecule has 25 heavy (non-hydrogen) atoms. The first-order valence-electron chi connectivity index (χ1n) is 8.43. The van der Waals surface area contributed by atoms with Crippen LogP contribution >= 0.6 is 0 Å². The standard InChI is InChI=1S/C23H22O2/c1-23(2,21(24)19-11-7-4-8-12-19)22(25)20-15-13-18(14-16-20)17-9-5-3-6-10-17/h3-16,22,25H,1-2H3/t22-/m0/s1. The molecule has 0 aromatic heterocycles. The summed E-state index contributed by atoms with van der Waals surface area (Å²) in [7, 11) is 0. The molecule has 0 unspecified atom stereocenters. The second-order valence-corrected chi connectivity index (χ2v) is 6.81. The lowest BCUT2D eigenvalue weighted by atomic mass is 9.76. The van der Waals surface area contributed by atoms with Crippen molar-refractivity contribution in [2.45, 2.75) is 20.0 Å². The normalized spacial score (nSPS) is 12.6. The van der Waals surface area contributed by atoms with Crippen molar-refractivity contribution in [1.29, 1.82) is 0 Å². The van der Waals surface area contributed by atoms with Crippen molar-refractivity contribution in [1.82, 2.24) is 0 Å². The van der Waals surface area contributed by atoms with Crippen molar-refractivity contribution in [3.05, 3.63) is 96.1 Å². The van der Waals surface area contributed by atoms with Crippen LogP contribution in [0.4, 0.5) is 0 Å². The number of aliphatic hydroxyl groups is 1. The van der Waals surface area contributed by atoms with Gasteiger partial charge in [-0.2, -0.15) is 0 Å². The molecular formula is C23H22O2. The zero-order valence-electron chi connectivity index (χ0n) is 14.5. The van der Waals surface area contributed by atoms with Gasteiger partial charge in [0, 0.05) is 5.56 Å². The van der Waals surface area contributed by atoms with Crippen LogP contribution in [0.3, 0.4) is 0 Å². The smallest absolute Gasteiger partial charge is 0.171 e. The highest BCUT2D eigenvalue weighted by Crippen LogP contribution is 2.37. The summed E-state index contributed by atoms with van der Waals surface area (Å²) in [6, 6.07) is 27.0. The largest absolute Gasteiger partial charge is 0.387 e. The minimum atomic E-state index is -0.907. The zero-order valence-corrected chi connectivity index (χ0v) is 14.5. The first-order chi connectivity index (χ1) is 12.0. The van der Waals surface area contributed by atoms with E-state index < -0.39 is 11.5 Å². The molecular weight excluding hydrogens is 308 g/mol. The van der Waals surface area contributed by atoms with Gasteiger partial charge >= 0.3 is 0 Å². The Kier molecular flexibility index (Phi) is 4.82. The highest BCUT2D eigenvalue weighted by molar-refractivity contribution is 6.00. The molecule has 0 bridgehead atoms. The lowest BCUT2D eigenvalue weighted by molar-refractivity contribution is 0.0389. The molecule has 0 aliphatic rings. The molecule has 0 saturated carbocycles. The van der Waals surface area contributed by atoms with Crippen LogP contribution < -0.4 is 0 Å². The summed E-state index contributed by atoms with van der Waals surface area (Å²) in [6.07, 6.45) is -0.870. The highest BCUT2D eigenvalue weighted by Gasteiger charge is 2.37.